The Kier molecular flexibility index (Phi) is 4.87. The summed E-state index contributed by atoms with van der Waals surface area (Å²) in [7, 11) is 0. The summed E-state index contributed by atoms with van der Waals surface area (Å²) in [5.41, 5.74) is 0.571. The molecule has 0 heterocycles. The lowest BCUT2D eigenvalue weighted by Gasteiger charge is -2.15. The van der Waals surface area contributed by atoms with Crippen molar-refractivity contribution in [3.63, 3.8) is 0 Å². The number of alkyl halides is 2. The molecular formula is C12H13F2O3-. The van der Waals surface area contributed by atoms with E-state index in [0.29, 0.717) is 12.0 Å². The third-order valence-electron chi connectivity index (χ3n) is 2.27. The molecule has 0 N–H and O–H groups in total. The number of carbonyl (C=O) groups is 1. The minimum Gasteiger partial charge on any atom is -0.550 e. The molecule has 0 fully saturated rings. The maximum Gasteiger partial charge on any atom is 0.387 e. The zero-order valence-electron chi connectivity index (χ0n) is 9.36. The van der Waals surface area contributed by atoms with E-state index in [2.05, 4.69) is 4.74 Å². The molecule has 0 aliphatic rings. The molecule has 1 aromatic carbocycles. The summed E-state index contributed by atoms with van der Waals surface area (Å²) in [6, 6.07) is 6.36. The van der Waals surface area contributed by atoms with Crippen LogP contribution in [0.4, 0.5) is 8.78 Å². The van der Waals surface area contributed by atoms with Crippen LogP contribution in [0.2, 0.25) is 0 Å². The second kappa shape index (κ2) is 6.18. The van der Waals surface area contributed by atoms with Gasteiger partial charge in [0.15, 0.2) is 0 Å². The first-order valence-corrected chi connectivity index (χ1v) is 5.21. The van der Waals surface area contributed by atoms with Crippen molar-refractivity contribution in [1.29, 1.82) is 0 Å². The highest BCUT2D eigenvalue weighted by Gasteiger charge is 2.11. The number of benzene rings is 1. The summed E-state index contributed by atoms with van der Waals surface area (Å²) in [5.74, 6) is -1.25. The van der Waals surface area contributed by atoms with E-state index in [0.717, 1.165) is 0 Å². The summed E-state index contributed by atoms with van der Waals surface area (Å²) < 4.78 is 28.6. The van der Waals surface area contributed by atoms with Gasteiger partial charge in [0, 0.05) is 5.97 Å². The minimum atomic E-state index is -2.88. The Labute approximate surface area is 98.0 Å². The lowest BCUT2D eigenvalue weighted by Crippen LogP contribution is -2.25. The summed E-state index contributed by atoms with van der Waals surface area (Å²) in [4.78, 5) is 10.4. The number of hydrogen-bond donors (Lipinski definition) is 0. The van der Waals surface area contributed by atoms with Gasteiger partial charge >= 0.3 is 6.61 Å². The van der Waals surface area contributed by atoms with Crippen LogP contribution in [0.1, 0.15) is 18.9 Å². The van der Waals surface area contributed by atoms with Crippen LogP contribution in [0.3, 0.4) is 0 Å². The number of aliphatic carboxylic acids is 1. The van der Waals surface area contributed by atoms with Crippen molar-refractivity contribution in [1.82, 2.24) is 0 Å². The Balaban J connectivity index is 2.72. The number of rotatable bonds is 6. The molecule has 0 bridgehead atoms. The smallest absolute Gasteiger partial charge is 0.387 e. The van der Waals surface area contributed by atoms with Crippen LogP contribution < -0.4 is 9.84 Å². The molecule has 17 heavy (non-hydrogen) atoms. The molecule has 0 saturated heterocycles. The van der Waals surface area contributed by atoms with Crippen LogP contribution in [-0.4, -0.2) is 12.6 Å². The van der Waals surface area contributed by atoms with Gasteiger partial charge < -0.3 is 14.6 Å². The standard InChI is InChI=1S/C12H14F2O3/c1-8(7-11(15)16)6-9-4-2-3-5-10(9)17-12(13)14/h2-5,8,12H,6-7H2,1H3,(H,15,16)/p-1. The number of para-hydroxylation sites is 1. The first kappa shape index (κ1) is 13.4. The van der Waals surface area contributed by atoms with Gasteiger partial charge in [-0.1, -0.05) is 25.1 Å². The monoisotopic (exact) mass is 243 g/mol. The Morgan fingerprint density at radius 3 is 2.65 bits per heavy atom. The molecule has 1 rings (SSSR count). The average Bonchev–Trinajstić information content (AvgIpc) is 2.18. The third kappa shape index (κ3) is 4.80. The minimum absolute atomic E-state index is 0.0905. The van der Waals surface area contributed by atoms with E-state index in [-0.39, 0.29) is 18.1 Å². The number of carbonyl (C=O) groups excluding carboxylic acids is 1. The van der Waals surface area contributed by atoms with Gasteiger partial charge in [0.1, 0.15) is 5.75 Å². The summed E-state index contributed by atoms with van der Waals surface area (Å²) in [5, 5.41) is 10.4. The van der Waals surface area contributed by atoms with Gasteiger partial charge in [0.2, 0.25) is 0 Å². The molecule has 5 heteroatoms. The molecule has 0 aliphatic carbocycles. The van der Waals surface area contributed by atoms with E-state index in [9.17, 15) is 18.7 Å². The zero-order chi connectivity index (χ0) is 12.8. The largest absolute Gasteiger partial charge is 0.550 e. The SMILES string of the molecule is CC(CC(=O)[O-])Cc1ccccc1OC(F)F. The molecule has 0 amide bonds. The number of carboxylic acid groups (broad SMARTS) is 1. The fourth-order valence-electron chi connectivity index (χ4n) is 1.62. The van der Waals surface area contributed by atoms with Crippen molar-refractivity contribution in [3.8, 4) is 5.75 Å². The molecule has 0 aromatic heterocycles. The van der Waals surface area contributed by atoms with Crippen molar-refractivity contribution < 1.29 is 23.4 Å². The van der Waals surface area contributed by atoms with Gasteiger partial charge in [-0.3, -0.25) is 0 Å². The number of carboxylic acids is 1. The topological polar surface area (TPSA) is 49.4 Å². The van der Waals surface area contributed by atoms with Crippen LogP contribution in [0.5, 0.6) is 5.75 Å². The molecule has 0 radical (unpaired) electrons. The summed E-state index contributed by atoms with van der Waals surface area (Å²) in [6.45, 7) is -1.16. The van der Waals surface area contributed by atoms with Crippen LogP contribution >= 0.6 is 0 Å². The Bertz CT molecular complexity index is 380. The van der Waals surface area contributed by atoms with E-state index in [4.69, 9.17) is 0 Å². The van der Waals surface area contributed by atoms with E-state index >= 15 is 0 Å². The van der Waals surface area contributed by atoms with E-state index in [1.807, 2.05) is 0 Å². The second-order valence-corrected chi connectivity index (χ2v) is 3.87. The maximum atomic E-state index is 12.1. The summed E-state index contributed by atoms with van der Waals surface area (Å²) in [6.07, 6.45) is 0.250. The van der Waals surface area contributed by atoms with Gasteiger partial charge in [0.25, 0.3) is 0 Å². The maximum absolute atomic E-state index is 12.1. The molecule has 0 spiro atoms. The first-order chi connectivity index (χ1) is 7.99. The molecule has 3 nitrogen and oxygen atoms in total. The highest BCUT2D eigenvalue weighted by Crippen LogP contribution is 2.23. The number of halogens is 2. The Hall–Kier alpha value is -1.65. The highest BCUT2D eigenvalue weighted by molar-refractivity contribution is 5.64. The fourth-order valence-corrected chi connectivity index (χ4v) is 1.62. The molecule has 0 aliphatic heterocycles. The van der Waals surface area contributed by atoms with Crippen LogP contribution in [0.25, 0.3) is 0 Å². The van der Waals surface area contributed by atoms with Gasteiger partial charge in [-0.2, -0.15) is 8.78 Å². The normalized spacial score (nSPS) is 12.5. The molecule has 1 atom stereocenters. The van der Waals surface area contributed by atoms with Crippen LogP contribution in [0.15, 0.2) is 24.3 Å². The van der Waals surface area contributed by atoms with Crippen LogP contribution in [0, 0.1) is 5.92 Å². The van der Waals surface area contributed by atoms with Gasteiger partial charge in [0.05, 0.1) is 0 Å². The lowest BCUT2D eigenvalue weighted by atomic mass is 9.97. The molecule has 1 unspecified atom stereocenters. The van der Waals surface area contributed by atoms with E-state index in [1.54, 1.807) is 25.1 Å². The first-order valence-electron chi connectivity index (χ1n) is 5.21. The Morgan fingerprint density at radius 2 is 2.06 bits per heavy atom. The lowest BCUT2D eigenvalue weighted by molar-refractivity contribution is -0.306. The Morgan fingerprint density at radius 1 is 1.41 bits per heavy atom. The average molecular weight is 243 g/mol. The zero-order valence-corrected chi connectivity index (χ0v) is 9.36. The van der Waals surface area contributed by atoms with Gasteiger partial charge in [-0.05, 0) is 30.4 Å². The van der Waals surface area contributed by atoms with Crippen molar-refractivity contribution in [2.24, 2.45) is 5.92 Å². The van der Waals surface area contributed by atoms with Crippen molar-refractivity contribution in [3.05, 3.63) is 29.8 Å². The fraction of sp³-hybridized carbons (Fsp3) is 0.417. The molecule has 94 valence electrons. The number of ether oxygens (including phenoxy) is 1. The van der Waals surface area contributed by atoms with Crippen LogP contribution in [-0.2, 0) is 11.2 Å². The molecule has 0 saturated carbocycles. The van der Waals surface area contributed by atoms with Crippen molar-refractivity contribution in [2.45, 2.75) is 26.4 Å². The molecule has 1 aromatic rings. The van der Waals surface area contributed by atoms with E-state index in [1.165, 1.54) is 6.07 Å². The summed E-state index contributed by atoms with van der Waals surface area (Å²) >= 11 is 0. The van der Waals surface area contributed by atoms with Crippen molar-refractivity contribution in [2.75, 3.05) is 0 Å². The predicted octanol–water partition coefficient (Wildman–Crippen LogP) is 1.61. The van der Waals surface area contributed by atoms with E-state index < -0.39 is 12.6 Å². The van der Waals surface area contributed by atoms with Gasteiger partial charge in [-0.15, -0.1) is 0 Å². The highest BCUT2D eigenvalue weighted by atomic mass is 19.3. The van der Waals surface area contributed by atoms with Gasteiger partial charge in [-0.25, -0.2) is 0 Å². The predicted molar refractivity (Wildman–Crippen MR) is 55.6 cm³/mol. The number of hydrogen-bond acceptors (Lipinski definition) is 3. The molecular weight excluding hydrogens is 230 g/mol. The second-order valence-electron chi connectivity index (χ2n) is 3.87. The quantitative estimate of drug-likeness (QED) is 0.762. The van der Waals surface area contributed by atoms with Crippen molar-refractivity contribution >= 4 is 5.97 Å². The third-order valence-corrected chi connectivity index (χ3v) is 2.27.